The van der Waals surface area contributed by atoms with Crippen molar-refractivity contribution < 1.29 is 27.5 Å². The van der Waals surface area contributed by atoms with Crippen LogP contribution in [0.25, 0.3) is 0 Å². The highest BCUT2D eigenvalue weighted by Gasteiger charge is 2.33. The number of hydrogen-bond acceptors (Lipinski definition) is 7. The zero-order valence-corrected chi connectivity index (χ0v) is 16.7. The number of esters is 2. The van der Waals surface area contributed by atoms with E-state index >= 15 is 0 Å². The summed E-state index contributed by atoms with van der Waals surface area (Å²) >= 11 is 0. The van der Waals surface area contributed by atoms with Gasteiger partial charge in [-0.1, -0.05) is 6.92 Å². The monoisotopic (exact) mass is 398 g/mol. The Morgan fingerprint density at radius 1 is 1.07 bits per heavy atom. The van der Waals surface area contributed by atoms with E-state index in [2.05, 4.69) is 14.8 Å². The normalized spacial score (nSPS) is 15.6. The van der Waals surface area contributed by atoms with Crippen LogP contribution in [0.2, 0.25) is 0 Å². The van der Waals surface area contributed by atoms with E-state index in [0.717, 1.165) is 13.1 Å². The fourth-order valence-electron chi connectivity index (χ4n) is 3.17. The molecule has 1 aliphatic heterocycles. The molecule has 8 nitrogen and oxygen atoms in total. The molecule has 0 spiro atoms. The number of methoxy groups -OCH3 is 2. The summed E-state index contributed by atoms with van der Waals surface area (Å²) < 4.78 is 37.6. The lowest BCUT2D eigenvalue weighted by atomic mass is 10.1. The molecule has 0 unspecified atom stereocenters. The zero-order valence-electron chi connectivity index (χ0n) is 15.9. The van der Waals surface area contributed by atoms with Crippen LogP contribution in [-0.2, 0) is 19.5 Å². The number of sulfonamides is 1. The molecule has 1 saturated heterocycles. The van der Waals surface area contributed by atoms with E-state index in [1.165, 1.54) is 36.7 Å². The molecule has 0 bridgehead atoms. The number of nitrogens with one attached hydrogen (secondary N) is 1. The van der Waals surface area contributed by atoms with Crippen molar-refractivity contribution >= 4 is 22.0 Å². The van der Waals surface area contributed by atoms with Gasteiger partial charge in [0.05, 0.1) is 30.2 Å². The molecule has 2 rings (SSSR count). The van der Waals surface area contributed by atoms with Gasteiger partial charge in [0.15, 0.2) is 0 Å². The average molecular weight is 398 g/mol. The van der Waals surface area contributed by atoms with Crippen LogP contribution in [0.4, 0.5) is 0 Å². The van der Waals surface area contributed by atoms with Crippen molar-refractivity contribution in [1.82, 2.24) is 9.62 Å². The Bertz CT molecular complexity index is 753. The first-order valence-corrected chi connectivity index (χ1v) is 10.3. The van der Waals surface area contributed by atoms with Crippen LogP contribution in [0.5, 0.6) is 0 Å². The fourth-order valence-corrected chi connectivity index (χ4v) is 5.02. The standard InChI is InChI=1S/C18H26N2O6S/c1-4-9-20(15-5-7-19-8-6-15)27(23,24)16-11-13(17(21)25-2)10-14(12-16)18(22)26-3/h10-12,15,19H,4-9H2,1-3H3. The maximum atomic E-state index is 13.3. The molecule has 0 amide bonds. The summed E-state index contributed by atoms with van der Waals surface area (Å²) in [6.07, 6.45) is 2.07. The van der Waals surface area contributed by atoms with Crippen molar-refractivity contribution in [1.29, 1.82) is 0 Å². The summed E-state index contributed by atoms with van der Waals surface area (Å²) in [7, 11) is -1.51. The highest BCUT2D eigenvalue weighted by atomic mass is 32.2. The van der Waals surface area contributed by atoms with Gasteiger partial charge in [-0.05, 0) is 50.6 Å². The topological polar surface area (TPSA) is 102 Å². The summed E-state index contributed by atoms with van der Waals surface area (Å²) in [6.45, 7) is 3.77. The summed E-state index contributed by atoms with van der Waals surface area (Å²) in [5, 5.41) is 3.22. The molecular weight excluding hydrogens is 372 g/mol. The van der Waals surface area contributed by atoms with Gasteiger partial charge >= 0.3 is 11.9 Å². The molecule has 1 aliphatic rings. The van der Waals surface area contributed by atoms with Gasteiger partial charge in [0.1, 0.15) is 0 Å². The van der Waals surface area contributed by atoms with Crippen LogP contribution in [0.3, 0.4) is 0 Å². The molecule has 0 aliphatic carbocycles. The van der Waals surface area contributed by atoms with Gasteiger partial charge < -0.3 is 14.8 Å². The maximum Gasteiger partial charge on any atom is 0.337 e. The Morgan fingerprint density at radius 2 is 1.59 bits per heavy atom. The predicted molar refractivity (Wildman–Crippen MR) is 99.2 cm³/mol. The molecule has 1 fully saturated rings. The largest absolute Gasteiger partial charge is 0.465 e. The Kier molecular flexibility index (Phi) is 7.34. The third kappa shape index (κ3) is 4.85. The Morgan fingerprint density at radius 3 is 2.04 bits per heavy atom. The smallest absolute Gasteiger partial charge is 0.337 e. The number of nitrogens with zero attached hydrogens (tertiary/aromatic N) is 1. The van der Waals surface area contributed by atoms with Crippen LogP contribution in [0, 0.1) is 0 Å². The number of hydrogen-bond donors (Lipinski definition) is 1. The Balaban J connectivity index is 2.53. The number of benzene rings is 1. The number of carbonyl (C=O) groups excluding carboxylic acids is 2. The lowest BCUT2D eigenvalue weighted by Gasteiger charge is -2.33. The van der Waals surface area contributed by atoms with Crippen molar-refractivity contribution in [3.05, 3.63) is 29.3 Å². The van der Waals surface area contributed by atoms with Crippen LogP contribution in [-0.4, -0.2) is 64.6 Å². The van der Waals surface area contributed by atoms with Gasteiger partial charge in [-0.25, -0.2) is 18.0 Å². The number of rotatable bonds is 7. The van der Waals surface area contributed by atoms with Crippen LogP contribution in [0.1, 0.15) is 46.9 Å². The second kappa shape index (κ2) is 9.29. The van der Waals surface area contributed by atoms with Crippen molar-refractivity contribution in [2.45, 2.75) is 37.1 Å². The lowest BCUT2D eigenvalue weighted by molar-refractivity contribution is 0.0598. The molecule has 0 atom stereocenters. The third-order valence-corrected chi connectivity index (χ3v) is 6.44. The van der Waals surface area contributed by atoms with Gasteiger partial charge in [0.25, 0.3) is 0 Å². The zero-order chi connectivity index (χ0) is 20.0. The first-order chi connectivity index (χ1) is 12.8. The van der Waals surface area contributed by atoms with E-state index in [1.807, 2.05) is 6.92 Å². The summed E-state index contributed by atoms with van der Waals surface area (Å²) in [5.74, 6) is -1.44. The van der Waals surface area contributed by atoms with Crippen molar-refractivity contribution in [2.24, 2.45) is 0 Å². The second-order valence-corrected chi connectivity index (χ2v) is 8.22. The van der Waals surface area contributed by atoms with Crippen molar-refractivity contribution in [3.8, 4) is 0 Å². The number of ether oxygens (including phenoxy) is 2. The van der Waals surface area contributed by atoms with Gasteiger partial charge in [-0.2, -0.15) is 4.31 Å². The lowest BCUT2D eigenvalue weighted by Crippen LogP contribution is -2.46. The van der Waals surface area contributed by atoms with Gasteiger partial charge in [0.2, 0.25) is 10.0 Å². The third-order valence-electron chi connectivity index (χ3n) is 4.52. The minimum Gasteiger partial charge on any atom is -0.465 e. The molecule has 1 N–H and O–H groups in total. The van der Waals surface area contributed by atoms with Crippen LogP contribution in [0.15, 0.2) is 23.1 Å². The first kappa shape index (κ1) is 21.3. The molecule has 1 heterocycles. The van der Waals surface area contributed by atoms with Gasteiger partial charge in [0, 0.05) is 12.6 Å². The van der Waals surface area contributed by atoms with Gasteiger partial charge in [-0.3, -0.25) is 0 Å². The van der Waals surface area contributed by atoms with Crippen LogP contribution >= 0.6 is 0 Å². The van der Waals surface area contributed by atoms with Gasteiger partial charge in [-0.15, -0.1) is 0 Å². The summed E-state index contributed by atoms with van der Waals surface area (Å²) in [5.41, 5.74) is -0.0264. The highest BCUT2D eigenvalue weighted by Crippen LogP contribution is 2.25. The fraction of sp³-hybridized carbons (Fsp3) is 0.556. The number of carbonyl (C=O) groups is 2. The molecular formula is C18H26N2O6S. The Labute approximate surface area is 159 Å². The predicted octanol–water partition coefficient (Wildman–Crippen LogP) is 1.41. The van der Waals surface area contributed by atoms with E-state index in [9.17, 15) is 18.0 Å². The summed E-state index contributed by atoms with van der Waals surface area (Å²) in [6, 6.07) is 3.64. The van der Waals surface area contributed by atoms with Crippen LogP contribution < -0.4 is 5.32 Å². The molecule has 150 valence electrons. The van der Waals surface area contributed by atoms with E-state index < -0.39 is 22.0 Å². The molecule has 0 saturated carbocycles. The quantitative estimate of drug-likeness (QED) is 0.693. The molecule has 27 heavy (non-hydrogen) atoms. The van der Waals surface area contributed by atoms with E-state index in [4.69, 9.17) is 0 Å². The molecule has 0 aromatic heterocycles. The summed E-state index contributed by atoms with van der Waals surface area (Å²) in [4.78, 5) is 23.8. The highest BCUT2D eigenvalue weighted by molar-refractivity contribution is 7.89. The minimum absolute atomic E-state index is 0.0132. The van der Waals surface area contributed by atoms with E-state index in [0.29, 0.717) is 25.8 Å². The maximum absolute atomic E-state index is 13.3. The first-order valence-electron chi connectivity index (χ1n) is 8.89. The molecule has 9 heteroatoms. The molecule has 0 radical (unpaired) electrons. The minimum atomic E-state index is -3.90. The van der Waals surface area contributed by atoms with Crippen molar-refractivity contribution in [2.75, 3.05) is 33.9 Å². The van der Waals surface area contributed by atoms with E-state index in [1.54, 1.807) is 0 Å². The SMILES string of the molecule is CCCN(C1CCNCC1)S(=O)(=O)c1cc(C(=O)OC)cc(C(=O)OC)c1. The Hall–Kier alpha value is -1.97. The average Bonchev–Trinajstić information content (AvgIpc) is 2.70. The second-order valence-electron chi connectivity index (χ2n) is 6.33. The molecule has 1 aromatic carbocycles. The van der Waals surface area contributed by atoms with E-state index in [-0.39, 0.29) is 22.1 Å². The van der Waals surface area contributed by atoms with Crippen molar-refractivity contribution in [3.63, 3.8) is 0 Å². The number of piperidine rings is 1. The molecule has 1 aromatic rings.